The molecule has 1 N–H and O–H groups in total. The Morgan fingerprint density at radius 1 is 1.17 bits per heavy atom. The van der Waals surface area contributed by atoms with Crippen LogP contribution in [0.25, 0.3) is 0 Å². The van der Waals surface area contributed by atoms with Gasteiger partial charge in [0.2, 0.25) is 0 Å². The largest absolute Gasteiger partial charge is 0.417 e. The van der Waals surface area contributed by atoms with Gasteiger partial charge in [-0.3, -0.25) is 9.59 Å². The van der Waals surface area contributed by atoms with Crippen LogP contribution in [-0.4, -0.2) is 12.2 Å². The van der Waals surface area contributed by atoms with E-state index in [1.54, 1.807) is 18.2 Å². The first-order chi connectivity index (χ1) is 10.7. The lowest BCUT2D eigenvalue weighted by molar-refractivity contribution is -0.137. The maximum absolute atomic E-state index is 12.9. The Kier molecular flexibility index (Phi) is 5.08. The molecule has 2 rings (SSSR count). The van der Waals surface area contributed by atoms with Gasteiger partial charge in [-0.05, 0) is 65.4 Å². The molecule has 23 heavy (non-hydrogen) atoms. The first-order valence-corrected chi connectivity index (χ1v) is 7.54. The summed E-state index contributed by atoms with van der Waals surface area (Å²) in [5.41, 5.74) is -0.238. The molecule has 2 aromatic carbocycles. The quantitative estimate of drug-likeness (QED) is 0.565. The smallest absolute Gasteiger partial charge is 0.322 e. The average Bonchev–Trinajstić information content (AvgIpc) is 2.49. The molecular weight excluding hydrogens is 422 g/mol. The van der Waals surface area contributed by atoms with E-state index in [1.165, 1.54) is 6.07 Å². The first kappa shape index (κ1) is 17.5. The Balaban J connectivity index is 2.31. The summed E-state index contributed by atoms with van der Waals surface area (Å²) in [6.07, 6.45) is -4.53. The normalized spacial score (nSPS) is 11.2. The van der Waals surface area contributed by atoms with Crippen molar-refractivity contribution < 1.29 is 22.8 Å². The van der Waals surface area contributed by atoms with E-state index < -0.39 is 23.2 Å². The molecule has 0 bridgehead atoms. The lowest BCUT2D eigenvalue weighted by Gasteiger charge is -2.12. The molecule has 7 heteroatoms. The molecular formula is C16H11F3INO2. The number of benzene rings is 2. The van der Waals surface area contributed by atoms with Crippen LogP contribution in [0.2, 0.25) is 0 Å². The van der Waals surface area contributed by atoms with E-state index in [2.05, 4.69) is 27.9 Å². The third-order valence-corrected chi connectivity index (χ3v) is 4.34. The van der Waals surface area contributed by atoms with Crippen LogP contribution in [0.5, 0.6) is 0 Å². The number of hydrogen-bond acceptors (Lipinski definition) is 2. The standard InChI is InChI=1S/C16H11F3INO2/c1-9-2-3-10(6-14(9)20)15(23)21-12-5-4-11(8-22)13(7-12)16(17,18)19/h2-8H,1H3,(H,21,23). The Hall–Kier alpha value is -1.90. The van der Waals surface area contributed by atoms with Crippen molar-refractivity contribution in [1.29, 1.82) is 0 Å². The fourth-order valence-electron chi connectivity index (χ4n) is 1.92. The van der Waals surface area contributed by atoms with Crippen LogP contribution in [0.3, 0.4) is 0 Å². The maximum Gasteiger partial charge on any atom is 0.417 e. The summed E-state index contributed by atoms with van der Waals surface area (Å²) in [5.74, 6) is -0.519. The van der Waals surface area contributed by atoms with Gasteiger partial charge in [0.25, 0.3) is 5.91 Å². The zero-order chi connectivity index (χ0) is 17.2. The van der Waals surface area contributed by atoms with Crippen molar-refractivity contribution in [3.63, 3.8) is 0 Å². The molecule has 0 atom stereocenters. The molecule has 2 aromatic rings. The highest BCUT2D eigenvalue weighted by atomic mass is 127. The number of rotatable bonds is 3. The van der Waals surface area contributed by atoms with Gasteiger partial charge in [0.05, 0.1) is 5.56 Å². The first-order valence-electron chi connectivity index (χ1n) is 6.46. The van der Waals surface area contributed by atoms with Crippen molar-refractivity contribution in [2.75, 3.05) is 5.32 Å². The van der Waals surface area contributed by atoms with Gasteiger partial charge in [0, 0.05) is 20.4 Å². The van der Waals surface area contributed by atoms with Crippen molar-refractivity contribution in [3.05, 3.63) is 62.2 Å². The highest BCUT2D eigenvalue weighted by Crippen LogP contribution is 2.33. The molecule has 3 nitrogen and oxygen atoms in total. The predicted molar refractivity (Wildman–Crippen MR) is 88.7 cm³/mol. The van der Waals surface area contributed by atoms with Crippen molar-refractivity contribution >= 4 is 40.5 Å². The Labute approximate surface area is 144 Å². The van der Waals surface area contributed by atoms with Crippen LogP contribution in [0.15, 0.2) is 36.4 Å². The molecule has 0 saturated carbocycles. The number of alkyl halides is 3. The van der Waals surface area contributed by atoms with E-state index in [0.717, 1.165) is 21.3 Å². The summed E-state index contributed by atoms with van der Waals surface area (Å²) < 4.78 is 39.6. The van der Waals surface area contributed by atoms with Gasteiger partial charge in [-0.25, -0.2) is 0 Å². The van der Waals surface area contributed by atoms with E-state index in [-0.39, 0.29) is 12.0 Å². The fourth-order valence-corrected chi connectivity index (χ4v) is 2.43. The molecule has 0 aliphatic heterocycles. The lowest BCUT2D eigenvalue weighted by Crippen LogP contribution is -2.14. The van der Waals surface area contributed by atoms with Gasteiger partial charge in [-0.1, -0.05) is 6.07 Å². The summed E-state index contributed by atoms with van der Waals surface area (Å²) in [7, 11) is 0. The molecule has 0 fully saturated rings. The van der Waals surface area contributed by atoms with E-state index in [0.29, 0.717) is 5.56 Å². The summed E-state index contributed by atoms with van der Waals surface area (Å²) in [5, 5.41) is 2.41. The third kappa shape index (κ3) is 4.10. The molecule has 0 aromatic heterocycles. The summed E-state index contributed by atoms with van der Waals surface area (Å²) in [6.45, 7) is 1.89. The number of carbonyl (C=O) groups is 2. The number of aldehydes is 1. The fraction of sp³-hybridized carbons (Fsp3) is 0.125. The van der Waals surface area contributed by atoms with Crippen molar-refractivity contribution in [2.24, 2.45) is 0 Å². The molecule has 0 aliphatic rings. The molecule has 0 saturated heterocycles. The van der Waals surface area contributed by atoms with Crippen molar-refractivity contribution in [2.45, 2.75) is 13.1 Å². The number of aryl methyl sites for hydroxylation is 1. The van der Waals surface area contributed by atoms with Gasteiger partial charge in [0.15, 0.2) is 6.29 Å². The zero-order valence-electron chi connectivity index (χ0n) is 11.9. The number of nitrogens with one attached hydrogen (secondary N) is 1. The topological polar surface area (TPSA) is 46.2 Å². The number of amides is 1. The molecule has 120 valence electrons. The number of carbonyl (C=O) groups excluding carboxylic acids is 2. The van der Waals surface area contributed by atoms with Gasteiger partial charge < -0.3 is 5.32 Å². The van der Waals surface area contributed by atoms with Crippen LogP contribution >= 0.6 is 22.6 Å². The maximum atomic E-state index is 12.9. The van der Waals surface area contributed by atoms with Crippen LogP contribution in [0, 0.1) is 10.5 Å². The SMILES string of the molecule is Cc1ccc(C(=O)Nc2ccc(C=O)c(C(F)(F)F)c2)cc1I. The second-order valence-electron chi connectivity index (χ2n) is 4.84. The van der Waals surface area contributed by atoms with Crippen LogP contribution in [0.4, 0.5) is 18.9 Å². The lowest BCUT2D eigenvalue weighted by atomic mass is 10.1. The summed E-state index contributed by atoms with van der Waals surface area (Å²) in [4.78, 5) is 22.8. The minimum Gasteiger partial charge on any atom is -0.322 e. The highest BCUT2D eigenvalue weighted by Gasteiger charge is 2.33. The summed E-state index contributed by atoms with van der Waals surface area (Å²) >= 11 is 2.07. The van der Waals surface area contributed by atoms with E-state index in [4.69, 9.17) is 0 Å². The third-order valence-electron chi connectivity index (χ3n) is 3.18. The zero-order valence-corrected chi connectivity index (χ0v) is 14.0. The summed E-state index contributed by atoms with van der Waals surface area (Å²) in [6, 6.07) is 8.04. The van der Waals surface area contributed by atoms with Gasteiger partial charge >= 0.3 is 6.18 Å². The minimum atomic E-state index is -4.67. The molecule has 0 radical (unpaired) electrons. The molecule has 1 amide bonds. The molecule has 0 heterocycles. The van der Waals surface area contributed by atoms with Gasteiger partial charge in [-0.15, -0.1) is 0 Å². The van der Waals surface area contributed by atoms with Crippen LogP contribution in [0.1, 0.15) is 31.8 Å². The van der Waals surface area contributed by atoms with Crippen LogP contribution in [-0.2, 0) is 6.18 Å². The second-order valence-corrected chi connectivity index (χ2v) is 6.00. The van der Waals surface area contributed by atoms with Crippen molar-refractivity contribution in [1.82, 2.24) is 0 Å². The molecule has 0 aliphatic carbocycles. The Morgan fingerprint density at radius 2 is 1.87 bits per heavy atom. The Bertz CT molecular complexity index is 772. The van der Waals surface area contributed by atoms with Crippen molar-refractivity contribution in [3.8, 4) is 0 Å². The van der Waals surface area contributed by atoms with E-state index >= 15 is 0 Å². The Morgan fingerprint density at radius 3 is 2.43 bits per heavy atom. The van der Waals surface area contributed by atoms with E-state index in [1.807, 2.05) is 6.92 Å². The monoisotopic (exact) mass is 433 g/mol. The number of halogens is 4. The molecule has 0 unspecified atom stereocenters. The highest BCUT2D eigenvalue weighted by molar-refractivity contribution is 14.1. The second kappa shape index (κ2) is 6.69. The molecule has 0 spiro atoms. The average molecular weight is 433 g/mol. The van der Waals surface area contributed by atoms with Gasteiger partial charge in [0.1, 0.15) is 0 Å². The van der Waals surface area contributed by atoms with Gasteiger partial charge in [-0.2, -0.15) is 13.2 Å². The van der Waals surface area contributed by atoms with Crippen LogP contribution < -0.4 is 5.32 Å². The minimum absolute atomic E-state index is 0.0245. The number of hydrogen-bond donors (Lipinski definition) is 1. The number of anilines is 1. The van der Waals surface area contributed by atoms with E-state index in [9.17, 15) is 22.8 Å². The predicted octanol–water partition coefficient (Wildman–Crippen LogP) is 4.68.